The molecule has 2 aromatic heterocycles. The van der Waals surface area contributed by atoms with E-state index in [0.717, 1.165) is 0 Å². The Hall–Kier alpha value is -2.42. The maximum Gasteiger partial charge on any atom is 0.328 e. The molecule has 2 N–H and O–H groups in total. The summed E-state index contributed by atoms with van der Waals surface area (Å²) in [5, 5.41) is 6.41. The third kappa shape index (κ3) is 3.57. The number of nitrogens with zero attached hydrogens (tertiary/aromatic N) is 4. The Bertz CT molecular complexity index is 619. The molecular weight excluding hydrogens is 300 g/mol. The molecule has 10 heteroatoms. The molecule has 0 aliphatic heterocycles. The molecule has 0 aliphatic carbocycles. The summed E-state index contributed by atoms with van der Waals surface area (Å²) in [7, 11) is 2.79. The summed E-state index contributed by atoms with van der Waals surface area (Å²) < 4.78 is 5.92. The Kier molecular flexibility index (Phi) is 4.53. The second-order valence-electron chi connectivity index (χ2n) is 4.16. The van der Waals surface area contributed by atoms with Crippen molar-refractivity contribution in [3.05, 3.63) is 29.3 Å². The number of imidazole rings is 1. The molecule has 0 aromatic carbocycles. The van der Waals surface area contributed by atoms with E-state index >= 15 is 0 Å². The van der Waals surface area contributed by atoms with Gasteiger partial charge in [0.2, 0.25) is 11.1 Å². The minimum absolute atomic E-state index is 0.0725. The van der Waals surface area contributed by atoms with Crippen molar-refractivity contribution in [3.8, 4) is 0 Å². The molecule has 0 saturated heterocycles. The normalized spacial score (nSPS) is 12.0. The molecule has 21 heavy (non-hydrogen) atoms. The number of halogens is 1. The predicted molar refractivity (Wildman–Crippen MR) is 71.6 cm³/mol. The van der Waals surface area contributed by atoms with Gasteiger partial charge in [0.25, 0.3) is 5.91 Å². The van der Waals surface area contributed by atoms with Gasteiger partial charge in [-0.3, -0.25) is 4.79 Å². The maximum absolute atomic E-state index is 12.0. The van der Waals surface area contributed by atoms with Crippen molar-refractivity contribution < 1.29 is 14.3 Å². The zero-order valence-electron chi connectivity index (χ0n) is 11.3. The number of nitrogens with one attached hydrogen (secondary N) is 2. The largest absolute Gasteiger partial charge is 0.467 e. The van der Waals surface area contributed by atoms with Gasteiger partial charge in [-0.15, -0.1) is 5.10 Å². The SMILES string of the molecule is COC(=O)[C@H](Cc1cnc[nH]1)NC(=O)c1nc(Cl)n(C)n1. The Balaban J connectivity index is 2.10. The highest BCUT2D eigenvalue weighted by Gasteiger charge is 2.25. The number of aromatic amines is 1. The summed E-state index contributed by atoms with van der Waals surface area (Å²) in [6, 6.07) is -0.884. The maximum atomic E-state index is 12.0. The van der Waals surface area contributed by atoms with Gasteiger partial charge in [-0.05, 0) is 11.6 Å². The molecule has 112 valence electrons. The van der Waals surface area contributed by atoms with Crippen LogP contribution in [0.5, 0.6) is 0 Å². The highest BCUT2D eigenvalue weighted by Crippen LogP contribution is 2.05. The number of ether oxygens (including phenoxy) is 1. The van der Waals surface area contributed by atoms with Crippen molar-refractivity contribution in [1.29, 1.82) is 0 Å². The van der Waals surface area contributed by atoms with Gasteiger partial charge in [-0.25, -0.2) is 14.5 Å². The highest BCUT2D eigenvalue weighted by molar-refractivity contribution is 6.28. The molecule has 1 atom stereocenters. The van der Waals surface area contributed by atoms with Gasteiger partial charge < -0.3 is 15.0 Å². The number of methoxy groups -OCH3 is 1. The minimum atomic E-state index is -0.884. The van der Waals surface area contributed by atoms with Crippen LogP contribution >= 0.6 is 11.6 Å². The minimum Gasteiger partial charge on any atom is -0.467 e. The fourth-order valence-electron chi connectivity index (χ4n) is 1.64. The lowest BCUT2D eigenvalue weighted by molar-refractivity contribution is -0.142. The van der Waals surface area contributed by atoms with E-state index < -0.39 is 17.9 Å². The first-order valence-electron chi connectivity index (χ1n) is 5.93. The smallest absolute Gasteiger partial charge is 0.328 e. The number of carbonyl (C=O) groups is 2. The first kappa shape index (κ1) is 15.0. The number of hydrogen-bond donors (Lipinski definition) is 2. The molecule has 2 heterocycles. The second kappa shape index (κ2) is 6.35. The lowest BCUT2D eigenvalue weighted by Crippen LogP contribution is -2.43. The van der Waals surface area contributed by atoms with Crippen LogP contribution in [0.15, 0.2) is 12.5 Å². The van der Waals surface area contributed by atoms with E-state index in [-0.39, 0.29) is 17.5 Å². The predicted octanol–water partition coefficient (Wildman–Crippen LogP) is -0.294. The van der Waals surface area contributed by atoms with Gasteiger partial charge in [-0.2, -0.15) is 4.98 Å². The quantitative estimate of drug-likeness (QED) is 0.733. The molecule has 9 nitrogen and oxygen atoms in total. The lowest BCUT2D eigenvalue weighted by Gasteiger charge is -2.14. The standard InChI is InChI=1S/C11H13ClN6O3/c1-18-11(12)16-8(17-18)9(19)15-7(10(20)21-2)3-6-4-13-5-14-6/h4-5,7H,3H2,1-2H3,(H,13,14)(H,15,19)/t7-/m0/s1. The van der Waals surface area contributed by atoms with Crippen molar-refractivity contribution in [2.24, 2.45) is 7.05 Å². The van der Waals surface area contributed by atoms with Crippen LogP contribution in [0.25, 0.3) is 0 Å². The molecule has 0 radical (unpaired) electrons. The summed E-state index contributed by atoms with van der Waals surface area (Å²) in [5.74, 6) is -1.33. The van der Waals surface area contributed by atoms with Crippen molar-refractivity contribution in [1.82, 2.24) is 30.0 Å². The topological polar surface area (TPSA) is 115 Å². The van der Waals surface area contributed by atoms with Gasteiger partial charge >= 0.3 is 5.97 Å². The number of carbonyl (C=O) groups excluding carboxylic acids is 2. The number of esters is 1. The van der Waals surface area contributed by atoms with Gasteiger partial charge in [0, 0.05) is 25.4 Å². The van der Waals surface area contributed by atoms with E-state index in [9.17, 15) is 9.59 Å². The lowest BCUT2D eigenvalue weighted by atomic mass is 10.1. The third-order valence-electron chi connectivity index (χ3n) is 2.68. The van der Waals surface area contributed by atoms with E-state index in [1.807, 2.05) is 0 Å². The summed E-state index contributed by atoms with van der Waals surface area (Å²) >= 11 is 5.72. The van der Waals surface area contributed by atoms with E-state index in [1.165, 1.54) is 18.1 Å². The summed E-state index contributed by atoms with van der Waals surface area (Å²) in [6.45, 7) is 0. The average molecular weight is 313 g/mol. The molecule has 0 unspecified atom stereocenters. The molecule has 0 bridgehead atoms. The van der Waals surface area contributed by atoms with Crippen molar-refractivity contribution in [2.45, 2.75) is 12.5 Å². The van der Waals surface area contributed by atoms with Crippen LogP contribution in [0.4, 0.5) is 0 Å². The molecular formula is C11H13ClN6O3. The number of amides is 1. The molecule has 0 spiro atoms. The zero-order chi connectivity index (χ0) is 15.4. The second-order valence-corrected chi connectivity index (χ2v) is 4.50. The Morgan fingerprint density at radius 1 is 1.57 bits per heavy atom. The summed E-state index contributed by atoms with van der Waals surface area (Å²) in [5.41, 5.74) is 0.678. The first-order valence-corrected chi connectivity index (χ1v) is 6.31. The van der Waals surface area contributed by atoms with Gasteiger partial charge in [-0.1, -0.05) is 0 Å². The zero-order valence-corrected chi connectivity index (χ0v) is 12.1. The molecule has 1 amide bonds. The van der Waals surface area contributed by atoms with Crippen molar-refractivity contribution in [3.63, 3.8) is 0 Å². The van der Waals surface area contributed by atoms with Crippen molar-refractivity contribution >= 4 is 23.5 Å². The highest BCUT2D eigenvalue weighted by atomic mass is 35.5. The van der Waals surface area contributed by atoms with Crippen LogP contribution in [0.3, 0.4) is 0 Å². The fraction of sp³-hybridized carbons (Fsp3) is 0.364. The van der Waals surface area contributed by atoms with Gasteiger partial charge in [0.1, 0.15) is 6.04 Å². The average Bonchev–Trinajstić information content (AvgIpc) is 3.08. The molecule has 0 fully saturated rings. The van der Waals surface area contributed by atoms with Crippen LogP contribution < -0.4 is 5.32 Å². The van der Waals surface area contributed by atoms with E-state index in [0.29, 0.717) is 5.69 Å². The van der Waals surface area contributed by atoms with E-state index in [4.69, 9.17) is 11.6 Å². The van der Waals surface area contributed by atoms with Crippen LogP contribution in [-0.2, 0) is 23.0 Å². The monoisotopic (exact) mass is 312 g/mol. The number of aryl methyl sites for hydroxylation is 1. The Morgan fingerprint density at radius 2 is 2.33 bits per heavy atom. The summed E-state index contributed by atoms with van der Waals surface area (Å²) in [6.07, 6.45) is 3.24. The number of hydrogen-bond acceptors (Lipinski definition) is 6. The molecule has 2 aromatic rings. The van der Waals surface area contributed by atoms with Crippen LogP contribution in [0.2, 0.25) is 5.28 Å². The van der Waals surface area contributed by atoms with Crippen molar-refractivity contribution in [2.75, 3.05) is 7.11 Å². The van der Waals surface area contributed by atoms with E-state index in [2.05, 4.69) is 30.1 Å². The van der Waals surface area contributed by atoms with Gasteiger partial charge in [0.15, 0.2) is 0 Å². The first-order chi connectivity index (χ1) is 10.0. The number of rotatable bonds is 5. The van der Waals surface area contributed by atoms with Crippen LogP contribution in [0, 0.1) is 0 Å². The summed E-state index contributed by atoms with van der Waals surface area (Å²) in [4.78, 5) is 34.2. The van der Waals surface area contributed by atoms with Gasteiger partial charge in [0.05, 0.1) is 13.4 Å². The molecule has 0 saturated carbocycles. The molecule has 2 rings (SSSR count). The van der Waals surface area contributed by atoms with E-state index in [1.54, 1.807) is 13.2 Å². The fourth-order valence-corrected chi connectivity index (χ4v) is 1.75. The Labute approximate surface area is 124 Å². The van der Waals surface area contributed by atoms with Crippen LogP contribution in [-0.4, -0.2) is 49.8 Å². The number of aromatic nitrogens is 5. The number of H-pyrrole nitrogens is 1. The van der Waals surface area contributed by atoms with Crippen LogP contribution in [0.1, 0.15) is 16.3 Å². The third-order valence-corrected chi connectivity index (χ3v) is 3.01. The Morgan fingerprint density at radius 3 is 2.86 bits per heavy atom. The molecule has 0 aliphatic rings.